The van der Waals surface area contributed by atoms with E-state index in [0.29, 0.717) is 0 Å². The second-order valence-electron chi connectivity index (χ2n) is 3.90. The fourth-order valence-corrected chi connectivity index (χ4v) is 6.79. The molecule has 0 saturated heterocycles. The minimum atomic E-state index is -0.907. The molecule has 2 radical (unpaired) electrons. The molecule has 0 N–H and O–H groups in total. The molecule has 0 fully saturated rings. The van der Waals surface area contributed by atoms with Crippen molar-refractivity contribution in [3.05, 3.63) is 30.3 Å². The van der Waals surface area contributed by atoms with E-state index in [2.05, 4.69) is 58.0 Å². The third-order valence-corrected chi connectivity index (χ3v) is 14.8. The zero-order chi connectivity index (χ0) is 13.1. The van der Waals surface area contributed by atoms with Crippen molar-refractivity contribution in [3.8, 4) is 0 Å². The summed E-state index contributed by atoms with van der Waals surface area (Å²) in [5, 5.41) is 5.36. The van der Waals surface area contributed by atoms with Gasteiger partial charge in [-0.2, -0.15) is 0 Å². The van der Waals surface area contributed by atoms with Crippen molar-refractivity contribution < 1.29 is 0 Å². The average molecular weight is 374 g/mol. The van der Waals surface area contributed by atoms with Crippen molar-refractivity contribution in [1.82, 2.24) is 0 Å². The Balaban J connectivity index is 0.000000366. The quantitative estimate of drug-likeness (QED) is 0.657. The van der Waals surface area contributed by atoms with Crippen molar-refractivity contribution >= 4 is 42.2 Å². The maximum absolute atomic E-state index is 5.82. The Hall–Kier alpha value is 0.596. The summed E-state index contributed by atoms with van der Waals surface area (Å²) >= 11 is -1.72. The Morgan fingerprint density at radius 3 is 1.59 bits per heavy atom. The van der Waals surface area contributed by atoms with E-state index in [-0.39, 0.29) is 0 Å². The van der Waals surface area contributed by atoms with Crippen molar-refractivity contribution in [3.63, 3.8) is 0 Å². The molecule has 0 aliphatic carbocycles. The summed E-state index contributed by atoms with van der Waals surface area (Å²) in [5.74, 6) is 0. The first-order valence-corrected chi connectivity index (χ1v) is 16.3. The van der Waals surface area contributed by atoms with Gasteiger partial charge in [0.1, 0.15) is 0 Å². The number of hydrogen-bond donors (Lipinski definition) is 0. The Morgan fingerprint density at radius 1 is 0.824 bits per heavy atom. The summed E-state index contributed by atoms with van der Waals surface area (Å²) < 4.78 is 1.65. The maximum atomic E-state index is 5.82. The van der Waals surface area contributed by atoms with Gasteiger partial charge < -0.3 is 0 Å². The van der Waals surface area contributed by atoms with Gasteiger partial charge >= 0.3 is 121 Å². The molecule has 0 aromatic heterocycles. The van der Waals surface area contributed by atoms with Crippen LogP contribution in [-0.2, 0) is 0 Å². The number of hydrogen-bond acceptors (Lipinski definition) is 0. The normalized spacial score (nSPS) is 10.3. The predicted molar refractivity (Wildman–Crippen MR) is 85.4 cm³/mol. The second-order valence-corrected chi connectivity index (χ2v) is 18.5. The van der Waals surface area contributed by atoms with Crippen LogP contribution in [0.15, 0.2) is 30.3 Å². The molecule has 0 amide bonds. The van der Waals surface area contributed by atoms with Crippen molar-refractivity contribution in [2.45, 2.75) is 48.7 Å². The molecule has 3 heteroatoms. The minimum absolute atomic E-state index is 0.813. The van der Waals surface area contributed by atoms with E-state index in [1.807, 2.05) is 0 Å². The first-order chi connectivity index (χ1) is 8.19. The van der Waals surface area contributed by atoms with Gasteiger partial charge in [-0.1, -0.05) is 0 Å². The molecule has 96 valence electrons. The molecule has 0 nitrogen and oxygen atoms in total. The van der Waals surface area contributed by atoms with E-state index in [0.717, 1.165) is 0 Å². The predicted octanol–water partition coefficient (Wildman–Crippen LogP) is 4.68. The van der Waals surface area contributed by atoms with E-state index in [9.17, 15) is 0 Å². The molecular formula is C14H25ClGe2. The van der Waals surface area contributed by atoms with Crippen LogP contribution in [0.25, 0.3) is 0 Å². The van der Waals surface area contributed by atoms with Gasteiger partial charge in [-0.25, -0.2) is 0 Å². The van der Waals surface area contributed by atoms with Crippen LogP contribution in [0.5, 0.6) is 0 Å². The second kappa shape index (κ2) is 11.7. The summed E-state index contributed by atoms with van der Waals surface area (Å²) in [6.45, 7) is 9.00. The van der Waals surface area contributed by atoms with Crippen molar-refractivity contribution in [2.75, 3.05) is 0 Å². The molecular weight excluding hydrogens is 349 g/mol. The van der Waals surface area contributed by atoms with E-state index in [1.165, 1.54) is 21.0 Å². The third-order valence-electron chi connectivity index (χ3n) is 2.80. The SMILES string of the molecule is C[CH2][Ge]([CH2]C)[c]1ccccc1.C[CH2][Ge]([Cl])[CH2]C. The molecule has 0 heterocycles. The Morgan fingerprint density at radius 2 is 1.29 bits per heavy atom. The molecule has 0 aliphatic rings. The summed E-state index contributed by atoms with van der Waals surface area (Å²) in [4.78, 5) is 0. The van der Waals surface area contributed by atoms with Gasteiger partial charge in [0.05, 0.1) is 0 Å². The van der Waals surface area contributed by atoms with Gasteiger partial charge in [-0.05, 0) is 0 Å². The summed E-state index contributed by atoms with van der Waals surface area (Å²) in [6.07, 6.45) is 0. The molecule has 1 rings (SSSR count). The van der Waals surface area contributed by atoms with Crippen LogP contribution in [0.3, 0.4) is 0 Å². The van der Waals surface area contributed by atoms with Gasteiger partial charge in [0.15, 0.2) is 0 Å². The molecule has 0 bridgehead atoms. The third kappa shape index (κ3) is 8.33. The molecule has 0 atom stereocenters. The molecule has 0 saturated carbocycles. The molecule has 0 aliphatic heterocycles. The van der Waals surface area contributed by atoms with Gasteiger partial charge in [-0.3, -0.25) is 0 Å². The van der Waals surface area contributed by atoms with Crippen LogP contribution in [0.4, 0.5) is 0 Å². The van der Waals surface area contributed by atoms with Crippen LogP contribution in [-0.4, -0.2) is 27.8 Å². The molecule has 0 unspecified atom stereocenters. The number of rotatable bonds is 5. The zero-order valence-corrected chi connectivity index (χ0v) is 16.5. The fourth-order valence-electron chi connectivity index (χ4n) is 1.58. The van der Waals surface area contributed by atoms with Crippen LogP contribution in [0, 0.1) is 0 Å². The average Bonchev–Trinajstić information content (AvgIpc) is 2.41. The summed E-state index contributed by atoms with van der Waals surface area (Å²) in [5.41, 5.74) is 0. The first kappa shape index (κ1) is 17.6. The topological polar surface area (TPSA) is 0 Å². The van der Waals surface area contributed by atoms with Crippen LogP contribution in [0.2, 0.25) is 21.0 Å². The van der Waals surface area contributed by atoms with Crippen LogP contribution >= 0.6 is 10.0 Å². The van der Waals surface area contributed by atoms with E-state index in [4.69, 9.17) is 10.0 Å². The Bertz CT molecular complexity index is 256. The molecule has 1 aromatic carbocycles. The number of benzene rings is 1. The van der Waals surface area contributed by atoms with Gasteiger partial charge in [0.25, 0.3) is 0 Å². The molecule has 1 aromatic rings. The van der Waals surface area contributed by atoms with Crippen LogP contribution < -0.4 is 4.40 Å². The molecule has 0 spiro atoms. The number of halogens is 1. The van der Waals surface area contributed by atoms with Crippen LogP contribution in [0.1, 0.15) is 27.7 Å². The fraction of sp³-hybridized carbons (Fsp3) is 0.571. The van der Waals surface area contributed by atoms with Gasteiger partial charge in [-0.15, -0.1) is 0 Å². The van der Waals surface area contributed by atoms with Gasteiger partial charge in [0.2, 0.25) is 0 Å². The van der Waals surface area contributed by atoms with E-state index in [1.54, 1.807) is 4.40 Å². The zero-order valence-electron chi connectivity index (χ0n) is 11.6. The first-order valence-electron chi connectivity index (χ1n) is 6.59. The monoisotopic (exact) mass is 376 g/mol. The molecule has 17 heavy (non-hydrogen) atoms. The Kier molecular flexibility index (Phi) is 12.1. The van der Waals surface area contributed by atoms with Crippen molar-refractivity contribution in [1.29, 1.82) is 0 Å². The van der Waals surface area contributed by atoms with E-state index >= 15 is 0 Å². The van der Waals surface area contributed by atoms with Crippen molar-refractivity contribution in [2.24, 2.45) is 0 Å². The van der Waals surface area contributed by atoms with E-state index < -0.39 is 27.8 Å². The Labute approximate surface area is 121 Å². The summed E-state index contributed by atoms with van der Waals surface area (Å²) in [6, 6.07) is 11.0. The van der Waals surface area contributed by atoms with Gasteiger partial charge in [0, 0.05) is 0 Å². The standard InChI is InChI=1S/C10H15Ge.C4H10ClGe/c1-3-11(4-2)10-8-6-5-7-9-10;1-3-6(5)4-2/h5-9H,3-4H2,1-2H3;3-4H2,1-2H3. The summed E-state index contributed by atoms with van der Waals surface area (Å²) in [7, 11) is 5.82.